The second-order valence-corrected chi connectivity index (χ2v) is 5.01. The van der Waals surface area contributed by atoms with Crippen LogP contribution in [0.15, 0.2) is 42.7 Å². The third kappa shape index (κ3) is 2.20. The van der Waals surface area contributed by atoms with E-state index in [1.807, 2.05) is 49.0 Å². The summed E-state index contributed by atoms with van der Waals surface area (Å²) in [5, 5.41) is 17.4. The molecule has 20 heavy (non-hydrogen) atoms. The molecule has 0 saturated carbocycles. The molecule has 2 aromatic heterocycles. The van der Waals surface area contributed by atoms with E-state index in [0.717, 1.165) is 27.9 Å². The van der Waals surface area contributed by atoms with Gasteiger partial charge >= 0.3 is 0 Å². The van der Waals surface area contributed by atoms with Gasteiger partial charge in [-0.05, 0) is 49.2 Å². The average Bonchev–Trinajstić information content (AvgIpc) is 2.85. The van der Waals surface area contributed by atoms with Crippen molar-refractivity contribution in [1.29, 1.82) is 0 Å². The van der Waals surface area contributed by atoms with E-state index in [1.54, 1.807) is 6.07 Å². The van der Waals surface area contributed by atoms with Gasteiger partial charge in [0.25, 0.3) is 0 Å². The first kappa shape index (κ1) is 12.5. The van der Waals surface area contributed by atoms with Crippen LogP contribution >= 0.6 is 0 Å². The summed E-state index contributed by atoms with van der Waals surface area (Å²) in [6, 6.07) is 9.78. The molecule has 0 unspecified atom stereocenters. The van der Waals surface area contributed by atoms with E-state index in [9.17, 15) is 5.11 Å². The Morgan fingerprint density at radius 1 is 1.20 bits per heavy atom. The van der Waals surface area contributed by atoms with Crippen molar-refractivity contribution in [2.45, 2.75) is 20.4 Å². The molecule has 0 aliphatic carbocycles. The average molecular weight is 267 g/mol. The summed E-state index contributed by atoms with van der Waals surface area (Å²) in [5.41, 5.74) is 5.20. The van der Waals surface area contributed by atoms with Gasteiger partial charge in [-0.25, -0.2) is 4.52 Å². The van der Waals surface area contributed by atoms with Crippen LogP contribution in [-0.2, 0) is 6.54 Å². The number of aryl methyl sites for hydroxylation is 2. The van der Waals surface area contributed by atoms with Crippen LogP contribution in [0.2, 0.25) is 0 Å². The predicted molar refractivity (Wildman–Crippen MR) is 80.1 cm³/mol. The standard InChI is InChI=1S/C16H17N3O/c1-11-8-16(20)12(2)7-14(11)17-9-13-10-18-19-6-4-3-5-15(13)19/h3-8,10,17,20H,9H2,1-2H3. The number of nitrogens with one attached hydrogen (secondary N) is 1. The quantitative estimate of drug-likeness (QED) is 0.716. The van der Waals surface area contributed by atoms with E-state index in [2.05, 4.69) is 16.5 Å². The van der Waals surface area contributed by atoms with Crippen LogP contribution < -0.4 is 5.32 Å². The number of phenols is 1. The number of anilines is 1. The van der Waals surface area contributed by atoms with Gasteiger partial charge in [0, 0.05) is 24.0 Å². The van der Waals surface area contributed by atoms with Gasteiger partial charge in [0.2, 0.25) is 0 Å². The summed E-state index contributed by atoms with van der Waals surface area (Å²) in [4.78, 5) is 0. The molecule has 0 spiro atoms. The Kier molecular flexibility index (Phi) is 3.06. The van der Waals surface area contributed by atoms with Gasteiger partial charge in [-0.3, -0.25) is 0 Å². The number of benzene rings is 1. The third-order valence-corrected chi connectivity index (χ3v) is 3.52. The van der Waals surface area contributed by atoms with Crippen molar-refractivity contribution in [3.8, 4) is 5.75 Å². The number of aromatic hydroxyl groups is 1. The lowest BCUT2D eigenvalue weighted by Gasteiger charge is -2.11. The molecular formula is C16H17N3O. The summed E-state index contributed by atoms with van der Waals surface area (Å²) in [7, 11) is 0. The highest BCUT2D eigenvalue weighted by molar-refractivity contribution is 5.59. The summed E-state index contributed by atoms with van der Waals surface area (Å²) >= 11 is 0. The molecule has 4 nitrogen and oxygen atoms in total. The first-order chi connectivity index (χ1) is 9.65. The third-order valence-electron chi connectivity index (χ3n) is 3.52. The molecule has 4 heteroatoms. The van der Waals surface area contributed by atoms with Crippen molar-refractivity contribution in [3.63, 3.8) is 0 Å². The predicted octanol–water partition coefficient (Wildman–Crippen LogP) is 3.27. The van der Waals surface area contributed by atoms with E-state index in [0.29, 0.717) is 12.3 Å². The van der Waals surface area contributed by atoms with Gasteiger partial charge in [-0.15, -0.1) is 0 Å². The Hall–Kier alpha value is -2.49. The van der Waals surface area contributed by atoms with Gasteiger partial charge in [0.15, 0.2) is 0 Å². The van der Waals surface area contributed by atoms with Gasteiger partial charge in [0.05, 0.1) is 11.7 Å². The van der Waals surface area contributed by atoms with Crippen molar-refractivity contribution in [2.24, 2.45) is 0 Å². The lowest BCUT2D eigenvalue weighted by molar-refractivity contribution is 0.471. The van der Waals surface area contributed by atoms with Crippen LogP contribution in [-0.4, -0.2) is 14.7 Å². The summed E-state index contributed by atoms with van der Waals surface area (Å²) in [6.45, 7) is 4.59. The Morgan fingerprint density at radius 3 is 2.90 bits per heavy atom. The zero-order chi connectivity index (χ0) is 14.1. The Bertz CT molecular complexity index is 762. The molecule has 2 heterocycles. The molecule has 0 atom stereocenters. The van der Waals surface area contributed by atoms with Crippen LogP contribution in [0.3, 0.4) is 0 Å². The van der Waals surface area contributed by atoms with Crippen LogP contribution in [0.5, 0.6) is 5.75 Å². The van der Waals surface area contributed by atoms with Crippen LogP contribution in [0, 0.1) is 13.8 Å². The molecule has 2 N–H and O–H groups in total. The molecular weight excluding hydrogens is 250 g/mol. The van der Waals surface area contributed by atoms with Crippen molar-refractivity contribution < 1.29 is 5.11 Å². The number of hydrogen-bond acceptors (Lipinski definition) is 3. The number of phenolic OH excluding ortho intramolecular Hbond substituents is 1. The second kappa shape index (κ2) is 4.89. The molecule has 0 amide bonds. The zero-order valence-electron chi connectivity index (χ0n) is 11.6. The first-order valence-electron chi connectivity index (χ1n) is 6.60. The highest BCUT2D eigenvalue weighted by atomic mass is 16.3. The van der Waals surface area contributed by atoms with Crippen molar-refractivity contribution in [1.82, 2.24) is 9.61 Å². The van der Waals surface area contributed by atoms with Crippen molar-refractivity contribution in [2.75, 3.05) is 5.32 Å². The van der Waals surface area contributed by atoms with E-state index < -0.39 is 0 Å². The normalized spacial score (nSPS) is 10.9. The zero-order valence-corrected chi connectivity index (χ0v) is 11.6. The maximum atomic E-state index is 9.68. The number of hydrogen-bond donors (Lipinski definition) is 2. The fourth-order valence-electron chi connectivity index (χ4n) is 2.31. The summed E-state index contributed by atoms with van der Waals surface area (Å²) in [6.07, 6.45) is 3.82. The minimum absolute atomic E-state index is 0.337. The molecule has 3 rings (SSSR count). The SMILES string of the molecule is Cc1cc(NCc2cnn3ccccc23)c(C)cc1O. The summed E-state index contributed by atoms with van der Waals surface area (Å²) in [5.74, 6) is 0.337. The lowest BCUT2D eigenvalue weighted by atomic mass is 10.1. The molecule has 3 aromatic rings. The molecule has 0 bridgehead atoms. The van der Waals surface area contributed by atoms with Crippen LogP contribution in [0.4, 0.5) is 5.69 Å². The van der Waals surface area contributed by atoms with E-state index in [4.69, 9.17) is 0 Å². The molecule has 0 aliphatic rings. The fraction of sp³-hybridized carbons (Fsp3) is 0.188. The van der Waals surface area contributed by atoms with Gasteiger partial charge < -0.3 is 10.4 Å². The highest BCUT2D eigenvalue weighted by Crippen LogP contribution is 2.25. The number of fused-ring (bicyclic) bond motifs is 1. The number of pyridine rings is 1. The molecule has 102 valence electrons. The van der Waals surface area contributed by atoms with Crippen LogP contribution in [0.25, 0.3) is 5.52 Å². The Labute approximate surface area is 117 Å². The number of aromatic nitrogens is 2. The smallest absolute Gasteiger partial charge is 0.118 e. The van der Waals surface area contributed by atoms with Crippen molar-refractivity contribution >= 4 is 11.2 Å². The summed E-state index contributed by atoms with van der Waals surface area (Å²) < 4.78 is 1.87. The maximum Gasteiger partial charge on any atom is 0.118 e. The molecule has 0 aliphatic heterocycles. The minimum Gasteiger partial charge on any atom is -0.508 e. The topological polar surface area (TPSA) is 49.6 Å². The highest BCUT2D eigenvalue weighted by Gasteiger charge is 2.06. The van der Waals surface area contributed by atoms with Gasteiger partial charge in [-0.1, -0.05) is 6.07 Å². The monoisotopic (exact) mass is 267 g/mol. The molecule has 0 radical (unpaired) electrons. The molecule has 1 aromatic carbocycles. The van der Waals surface area contributed by atoms with Crippen LogP contribution in [0.1, 0.15) is 16.7 Å². The minimum atomic E-state index is 0.337. The van der Waals surface area contributed by atoms with Crippen molar-refractivity contribution in [3.05, 3.63) is 59.4 Å². The number of nitrogens with zero attached hydrogens (tertiary/aromatic N) is 2. The first-order valence-corrected chi connectivity index (χ1v) is 6.60. The molecule has 0 saturated heterocycles. The Morgan fingerprint density at radius 2 is 2.05 bits per heavy atom. The lowest BCUT2D eigenvalue weighted by Crippen LogP contribution is -2.01. The van der Waals surface area contributed by atoms with E-state index >= 15 is 0 Å². The van der Waals surface area contributed by atoms with Gasteiger partial charge in [0.1, 0.15) is 5.75 Å². The fourth-order valence-corrected chi connectivity index (χ4v) is 2.31. The number of rotatable bonds is 3. The largest absolute Gasteiger partial charge is 0.508 e. The van der Waals surface area contributed by atoms with E-state index in [1.165, 1.54) is 0 Å². The van der Waals surface area contributed by atoms with Gasteiger partial charge in [-0.2, -0.15) is 5.10 Å². The van der Waals surface area contributed by atoms with E-state index in [-0.39, 0.29) is 0 Å². The Balaban J connectivity index is 1.85. The second-order valence-electron chi connectivity index (χ2n) is 5.01. The molecule has 0 fully saturated rings. The maximum absolute atomic E-state index is 9.68.